The maximum absolute atomic E-state index is 12.2. The van der Waals surface area contributed by atoms with Gasteiger partial charge in [0.25, 0.3) is 0 Å². The number of rotatable bonds is 6. The Morgan fingerprint density at radius 1 is 1.26 bits per heavy atom. The number of thiophene rings is 1. The van der Waals surface area contributed by atoms with E-state index in [-0.39, 0.29) is 19.2 Å². The highest BCUT2D eigenvalue weighted by atomic mass is 32.1. The van der Waals surface area contributed by atoms with Crippen molar-refractivity contribution >= 4 is 23.3 Å². The molecule has 0 fully saturated rings. The maximum atomic E-state index is 12.2. The fourth-order valence-electron chi connectivity index (χ4n) is 2.81. The second-order valence-electron chi connectivity index (χ2n) is 6.01. The van der Waals surface area contributed by atoms with Crippen molar-refractivity contribution in [1.29, 1.82) is 0 Å². The third-order valence-corrected chi connectivity index (χ3v) is 4.95. The van der Waals surface area contributed by atoms with Crippen LogP contribution in [0.2, 0.25) is 0 Å². The molecule has 1 amide bonds. The third kappa shape index (κ3) is 3.60. The van der Waals surface area contributed by atoms with Gasteiger partial charge in [0, 0.05) is 11.6 Å². The van der Waals surface area contributed by atoms with E-state index in [4.69, 9.17) is 13.9 Å². The van der Waals surface area contributed by atoms with Crippen LogP contribution in [0.5, 0.6) is 11.5 Å². The highest BCUT2D eigenvalue weighted by molar-refractivity contribution is 7.08. The van der Waals surface area contributed by atoms with Crippen LogP contribution >= 0.6 is 11.3 Å². The minimum absolute atomic E-state index is 0.0123. The molecule has 1 atom stereocenters. The molecule has 4 rings (SSSR count). The van der Waals surface area contributed by atoms with Gasteiger partial charge in [0.2, 0.25) is 12.7 Å². The first-order valence-corrected chi connectivity index (χ1v) is 9.24. The van der Waals surface area contributed by atoms with Crippen molar-refractivity contribution in [2.24, 2.45) is 0 Å². The average molecular weight is 383 g/mol. The molecule has 0 saturated carbocycles. The summed E-state index contributed by atoms with van der Waals surface area (Å²) in [5.41, 5.74) is 0.0576. The molecule has 0 unspecified atom stereocenters. The lowest BCUT2D eigenvalue weighted by Gasteiger charge is -2.25. The summed E-state index contributed by atoms with van der Waals surface area (Å²) in [7, 11) is 0. The van der Waals surface area contributed by atoms with Crippen LogP contribution in [0.15, 0.2) is 63.9 Å². The number of fused-ring (bicyclic) bond motifs is 1. The lowest BCUT2D eigenvalue weighted by Crippen LogP contribution is -2.40. The van der Waals surface area contributed by atoms with Gasteiger partial charge in [-0.05, 0) is 52.7 Å². The molecule has 138 valence electrons. The predicted octanol–water partition coefficient (Wildman–Crippen LogP) is 3.14. The van der Waals surface area contributed by atoms with Crippen molar-refractivity contribution in [3.63, 3.8) is 0 Å². The summed E-state index contributed by atoms with van der Waals surface area (Å²) in [6.07, 6.45) is 4.58. The first kappa shape index (κ1) is 17.4. The average Bonchev–Trinajstić information content (AvgIpc) is 3.45. The van der Waals surface area contributed by atoms with Crippen molar-refractivity contribution in [2.45, 2.75) is 5.60 Å². The predicted molar refractivity (Wildman–Crippen MR) is 101 cm³/mol. The molecule has 3 aromatic rings. The Morgan fingerprint density at radius 2 is 2.15 bits per heavy atom. The Hall–Kier alpha value is -3.03. The molecule has 2 N–H and O–H groups in total. The number of carbonyl (C=O) groups excluding carboxylic acids is 1. The molecule has 2 aromatic heterocycles. The summed E-state index contributed by atoms with van der Waals surface area (Å²) in [5, 5.41) is 17.5. The van der Waals surface area contributed by atoms with Crippen LogP contribution in [0.25, 0.3) is 6.08 Å². The van der Waals surface area contributed by atoms with Crippen LogP contribution in [-0.2, 0) is 10.4 Å². The van der Waals surface area contributed by atoms with Crippen LogP contribution in [0, 0.1) is 0 Å². The molecule has 1 aliphatic rings. The number of carbonyl (C=O) groups is 1. The first-order chi connectivity index (χ1) is 13.1. The van der Waals surface area contributed by atoms with Crippen molar-refractivity contribution in [3.8, 4) is 11.5 Å². The number of hydrogen-bond acceptors (Lipinski definition) is 6. The number of amides is 1. The Balaban J connectivity index is 1.44. The van der Waals surface area contributed by atoms with Crippen molar-refractivity contribution < 1.29 is 23.8 Å². The smallest absolute Gasteiger partial charge is 0.244 e. The van der Waals surface area contributed by atoms with Crippen LogP contribution in [-0.4, -0.2) is 24.4 Å². The van der Waals surface area contributed by atoms with Crippen LogP contribution in [0.4, 0.5) is 0 Å². The molecule has 0 radical (unpaired) electrons. The molecule has 6 nitrogen and oxygen atoms in total. The van der Waals surface area contributed by atoms with Crippen molar-refractivity contribution in [1.82, 2.24) is 5.32 Å². The van der Waals surface area contributed by atoms with Gasteiger partial charge in [0.05, 0.1) is 12.8 Å². The van der Waals surface area contributed by atoms with Crippen molar-refractivity contribution in [3.05, 3.63) is 76.4 Å². The van der Waals surface area contributed by atoms with Crippen LogP contribution in [0.3, 0.4) is 0 Å². The number of aliphatic hydroxyl groups is 1. The molecule has 1 aliphatic heterocycles. The van der Waals surface area contributed by atoms with Crippen LogP contribution in [0.1, 0.15) is 16.9 Å². The Kier molecular flexibility index (Phi) is 4.70. The standard InChI is InChI=1S/C20H17NO5S/c22-19(6-4-14-3-5-16-17(10-14)26-13-25-16)21-12-20(23,15-7-9-27-11-15)18-2-1-8-24-18/h1-11,23H,12-13H2,(H,21,22)/b6-4+/t20-/m0/s1. The van der Waals surface area contributed by atoms with E-state index in [1.165, 1.54) is 23.7 Å². The lowest BCUT2D eigenvalue weighted by atomic mass is 9.93. The molecule has 0 saturated heterocycles. The monoisotopic (exact) mass is 383 g/mol. The van der Waals surface area contributed by atoms with Crippen LogP contribution < -0.4 is 14.8 Å². The van der Waals surface area contributed by atoms with E-state index in [1.807, 2.05) is 22.9 Å². The van der Waals surface area contributed by atoms with E-state index >= 15 is 0 Å². The van der Waals surface area contributed by atoms with E-state index in [0.717, 1.165) is 5.56 Å². The van der Waals surface area contributed by atoms with Gasteiger partial charge in [-0.3, -0.25) is 4.79 Å². The zero-order valence-corrected chi connectivity index (χ0v) is 15.1. The fourth-order valence-corrected chi connectivity index (χ4v) is 3.53. The molecule has 0 bridgehead atoms. The Labute approximate surface area is 159 Å². The summed E-state index contributed by atoms with van der Waals surface area (Å²) in [6.45, 7) is 0.193. The minimum Gasteiger partial charge on any atom is -0.466 e. The minimum atomic E-state index is -1.42. The first-order valence-electron chi connectivity index (χ1n) is 8.30. The van der Waals surface area contributed by atoms with Gasteiger partial charge < -0.3 is 24.3 Å². The summed E-state index contributed by atoms with van der Waals surface area (Å²) in [6, 6.07) is 10.6. The van der Waals surface area contributed by atoms with E-state index in [0.29, 0.717) is 22.8 Å². The van der Waals surface area contributed by atoms with E-state index in [1.54, 1.807) is 30.3 Å². The summed E-state index contributed by atoms with van der Waals surface area (Å²) in [4.78, 5) is 12.2. The van der Waals surface area contributed by atoms with E-state index < -0.39 is 5.60 Å². The van der Waals surface area contributed by atoms with Crippen molar-refractivity contribution in [2.75, 3.05) is 13.3 Å². The molecule has 27 heavy (non-hydrogen) atoms. The molecular formula is C20H17NO5S. The molecule has 0 spiro atoms. The van der Waals surface area contributed by atoms with Gasteiger partial charge in [0.1, 0.15) is 5.76 Å². The van der Waals surface area contributed by atoms with Gasteiger partial charge >= 0.3 is 0 Å². The molecule has 7 heteroatoms. The largest absolute Gasteiger partial charge is 0.466 e. The zero-order valence-electron chi connectivity index (χ0n) is 14.3. The van der Waals surface area contributed by atoms with Gasteiger partial charge in [-0.1, -0.05) is 6.07 Å². The fraction of sp³-hybridized carbons (Fsp3) is 0.150. The number of furan rings is 1. The van der Waals surface area contributed by atoms with Gasteiger partial charge in [-0.25, -0.2) is 0 Å². The number of hydrogen-bond donors (Lipinski definition) is 2. The highest BCUT2D eigenvalue weighted by Gasteiger charge is 2.35. The van der Waals surface area contributed by atoms with E-state index in [9.17, 15) is 9.90 Å². The molecule has 1 aromatic carbocycles. The Morgan fingerprint density at radius 3 is 2.93 bits per heavy atom. The lowest BCUT2D eigenvalue weighted by molar-refractivity contribution is -0.117. The topological polar surface area (TPSA) is 80.9 Å². The van der Waals surface area contributed by atoms with Gasteiger partial charge in [0.15, 0.2) is 17.1 Å². The number of ether oxygens (including phenoxy) is 2. The molecule has 3 heterocycles. The second-order valence-corrected chi connectivity index (χ2v) is 6.79. The Bertz CT molecular complexity index is 913. The second kappa shape index (κ2) is 7.30. The van der Waals surface area contributed by atoms with Gasteiger partial charge in [-0.2, -0.15) is 11.3 Å². The quantitative estimate of drug-likeness (QED) is 0.639. The normalized spacial score (nSPS) is 15.0. The highest BCUT2D eigenvalue weighted by Crippen LogP contribution is 2.33. The number of nitrogens with one attached hydrogen (secondary N) is 1. The third-order valence-electron chi connectivity index (χ3n) is 4.27. The van der Waals surface area contributed by atoms with Gasteiger partial charge in [-0.15, -0.1) is 0 Å². The summed E-state index contributed by atoms with van der Waals surface area (Å²) >= 11 is 1.46. The summed E-state index contributed by atoms with van der Waals surface area (Å²) in [5.74, 6) is 1.40. The van der Waals surface area contributed by atoms with E-state index in [2.05, 4.69) is 5.32 Å². The number of benzene rings is 1. The maximum Gasteiger partial charge on any atom is 0.244 e. The SMILES string of the molecule is O=C(/C=C/c1ccc2c(c1)OCO2)NC[C@](O)(c1ccsc1)c1ccco1. The summed E-state index contributed by atoms with van der Waals surface area (Å²) < 4.78 is 16.0. The zero-order chi connectivity index (χ0) is 18.7. The molecular weight excluding hydrogens is 366 g/mol. The molecule has 0 aliphatic carbocycles.